The topological polar surface area (TPSA) is 77.5 Å². The first-order valence-electron chi connectivity index (χ1n) is 11.2. The molecule has 1 aliphatic carbocycles. The first-order chi connectivity index (χ1) is 16.4. The zero-order valence-corrected chi connectivity index (χ0v) is 18.3. The molecule has 1 saturated carbocycles. The fraction of sp³-hybridized carbons (Fsp3) is 0.348. The van der Waals surface area contributed by atoms with E-state index in [1.807, 2.05) is 16.4 Å². The van der Waals surface area contributed by atoms with Crippen molar-refractivity contribution in [3.05, 3.63) is 60.8 Å². The van der Waals surface area contributed by atoms with Crippen molar-refractivity contribution in [2.45, 2.75) is 50.6 Å². The Morgan fingerprint density at radius 2 is 1.94 bits per heavy atom. The Balaban J connectivity index is 1.49. The van der Waals surface area contributed by atoms with Crippen LogP contribution in [0.5, 0.6) is 0 Å². The van der Waals surface area contributed by atoms with Gasteiger partial charge in [-0.2, -0.15) is 4.98 Å². The molecule has 4 heterocycles. The monoisotopic (exact) mass is 466 g/mol. The predicted octanol–water partition coefficient (Wildman–Crippen LogP) is 4.51. The second-order valence-electron chi connectivity index (χ2n) is 8.65. The minimum absolute atomic E-state index is 0.152. The van der Waals surface area contributed by atoms with Crippen LogP contribution in [0.2, 0.25) is 0 Å². The number of imidazole rings is 1. The maximum atomic E-state index is 14.2. The Hall–Kier alpha value is -3.76. The summed E-state index contributed by atoms with van der Waals surface area (Å²) in [5.74, 6) is -0.902. The fourth-order valence-electron chi connectivity index (χ4n) is 5.01. The summed E-state index contributed by atoms with van der Waals surface area (Å²) in [6.45, 7) is 2.00. The van der Waals surface area contributed by atoms with E-state index in [9.17, 15) is 13.2 Å². The van der Waals surface area contributed by atoms with Gasteiger partial charge in [-0.1, -0.05) is 6.92 Å². The van der Waals surface area contributed by atoms with Gasteiger partial charge in [-0.3, -0.25) is 9.13 Å². The molecule has 0 radical (unpaired) electrons. The first-order valence-corrected chi connectivity index (χ1v) is 11.2. The van der Waals surface area contributed by atoms with E-state index in [-0.39, 0.29) is 30.7 Å². The summed E-state index contributed by atoms with van der Waals surface area (Å²) in [5, 5.41) is 8.34. The molecular weight excluding hydrogens is 445 g/mol. The van der Waals surface area contributed by atoms with Gasteiger partial charge in [-0.05, 0) is 37.1 Å². The molecule has 34 heavy (non-hydrogen) atoms. The van der Waals surface area contributed by atoms with Crippen LogP contribution in [0.1, 0.15) is 44.5 Å². The zero-order chi connectivity index (χ0) is 23.4. The van der Waals surface area contributed by atoms with E-state index in [2.05, 4.69) is 20.2 Å². The molecule has 1 aromatic carbocycles. The van der Waals surface area contributed by atoms with Crippen molar-refractivity contribution >= 4 is 5.82 Å². The van der Waals surface area contributed by atoms with Gasteiger partial charge in [0.1, 0.15) is 23.7 Å². The van der Waals surface area contributed by atoms with Crippen molar-refractivity contribution in [2.24, 2.45) is 0 Å². The van der Waals surface area contributed by atoms with E-state index in [1.165, 1.54) is 12.1 Å². The number of alkyl halides is 2. The van der Waals surface area contributed by atoms with Gasteiger partial charge in [0.15, 0.2) is 11.6 Å². The average Bonchev–Trinajstić information content (AvgIpc) is 3.58. The molecule has 4 aromatic rings. The normalized spacial score (nSPS) is 20.9. The van der Waals surface area contributed by atoms with E-state index >= 15 is 0 Å². The van der Waals surface area contributed by atoms with E-state index in [4.69, 9.17) is 4.98 Å². The minimum atomic E-state index is -2.70. The second-order valence-corrected chi connectivity index (χ2v) is 8.65. The lowest BCUT2D eigenvalue weighted by atomic mass is 10.0. The van der Waals surface area contributed by atoms with Crippen LogP contribution in [0, 0.1) is 5.82 Å². The van der Waals surface area contributed by atoms with E-state index in [1.54, 1.807) is 41.6 Å². The lowest BCUT2D eigenvalue weighted by molar-refractivity contribution is 0.00746. The van der Waals surface area contributed by atoms with Crippen molar-refractivity contribution in [3.63, 3.8) is 0 Å². The number of aromatic nitrogens is 7. The highest BCUT2D eigenvalue weighted by molar-refractivity contribution is 5.64. The van der Waals surface area contributed by atoms with Gasteiger partial charge in [-0.25, -0.2) is 23.1 Å². The number of benzene rings is 1. The molecule has 6 rings (SSSR count). The van der Waals surface area contributed by atoms with Gasteiger partial charge in [0.25, 0.3) is 0 Å². The summed E-state index contributed by atoms with van der Waals surface area (Å²) in [6, 6.07) is 5.38. The Morgan fingerprint density at radius 3 is 2.68 bits per heavy atom. The lowest BCUT2D eigenvalue weighted by Crippen LogP contribution is -2.42. The van der Waals surface area contributed by atoms with Gasteiger partial charge >= 0.3 is 0 Å². The highest BCUT2D eigenvalue weighted by atomic mass is 19.3. The number of rotatable bonds is 4. The minimum Gasteiger partial charge on any atom is -0.341 e. The summed E-state index contributed by atoms with van der Waals surface area (Å²) >= 11 is 0. The molecule has 11 heteroatoms. The predicted molar refractivity (Wildman–Crippen MR) is 118 cm³/mol. The number of hydrogen-bond acceptors (Lipinski definition) is 6. The maximum absolute atomic E-state index is 14.2. The molecular formula is C23H21F3N8. The van der Waals surface area contributed by atoms with Crippen molar-refractivity contribution in [3.8, 4) is 23.0 Å². The number of hydrogen-bond donors (Lipinski definition) is 0. The van der Waals surface area contributed by atoms with Crippen LogP contribution in [-0.4, -0.2) is 46.2 Å². The Morgan fingerprint density at radius 1 is 1.12 bits per heavy atom. The molecule has 8 nitrogen and oxygen atoms in total. The average molecular weight is 466 g/mol. The molecule has 0 N–H and O–H groups in total. The summed E-state index contributed by atoms with van der Waals surface area (Å²) in [6.07, 6.45) is 7.23. The first kappa shape index (κ1) is 20.8. The zero-order valence-electron chi connectivity index (χ0n) is 18.3. The number of nitrogens with zero attached hydrogens (tertiary/aromatic N) is 8. The smallest absolute Gasteiger partial charge is 0.250 e. The van der Waals surface area contributed by atoms with E-state index < -0.39 is 5.92 Å². The molecule has 0 spiro atoms. The largest absolute Gasteiger partial charge is 0.341 e. The molecule has 1 fully saturated rings. The highest BCUT2D eigenvalue weighted by Gasteiger charge is 2.46. The molecule has 0 bridgehead atoms. The lowest BCUT2D eigenvalue weighted by Gasteiger charge is -2.40. The van der Waals surface area contributed by atoms with E-state index in [0.29, 0.717) is 47.5 Å². The molecule has 2 atom stereocenters. The Labute approximate surface area is 193 Å². The Bertz CT molecular complexity index is 1350. The highest BCUT2D eigenvalue weighted by Crippen LogP contribution is 2.46. The molecule has 0 amide bonds. The molecule has 2 aliphatic rings. The van der Waals surface area contributed by atoms with Crippen LogP contribution in [0.4, 0.5) is 19.0 Å². The summed E-state index contributed by atoms with van der Waals surface area (Å²) in [5.41, 5.74) is 1.35. The standard InChI is InChI=1S/C23H21F3N8/c1-2-17-21-31-29-13-33(21)18-12-28-22(30-20(18)34(17)16-7-8-23(25,26)11-16)32-10-9-27-19(32)14-3-5-15(24)6-4-14/h3-6,9-10,12-13,16-17H,2,7-8,11H2,1H3. The second kappa shape index (κ2) is 7.64. The fourth-order valence-corrected chi connectivity index (χ4v) is 5.01. The van der Waals surface area contributed by atoms with Crippen molar-refractivity contribution < 1.29 is 13.2 Å². The van der Waals surface area contributed by atoms with Crippen LogP contribution < -0.4 is 4.90 Å². The molecule has 174 valence electrons. The number of anilines is 1. The van der Waals surface area contributed by atoms with Crippen molar-refractivity contribution in [2.75, 3.05) is 4.90 Å². The summed E-state index contributed by atoms with van der Waals surface area (Å²) < 4.78 is 45.4. The number of halogens is 3. The van der Waals surface area contributed by atoms with Crippen LogP contribution in [0.25, 0.3) is 23.0 Å². The quantitative estimate of drug-likeness (QED) is 0.441. The van der Waals surface area contributed by atoms with Crippen LogP contribution >= 0.6 is 0 Å². The third-order valence-electron chi connectivity index (χ3n) is 6.57. The third-order valence-corrected chi connectivity index (χ3v) is 6.57. The van der Waals surface area contributed by atoms with Gasteiger partial charge in [0, 0.05) is 36.8 Å². The van der Waals surface area contributed by atoms with Gasteiger partial charge in [0.2, 0.25) is 11.9 Å². The van der Waals surface area contributed by atoms with Gasteiger partial charge < -0.3 is 4.90 Å². The SMILES string of the molecule is CCC1c2nncn2-c2cnc(-n3ccnc3-c3ccc(F)cc3)nc2N1C1CCC(F)(F)C1. The molecule has 2 unspecified atom stereocenters. The summed E-state index contributed by atoms with van der Waals surface area (Å²) in [7, 11) is 0. The van der Waals surface area contributed by atoms with Gasteiger partial charge in [-0.15, -0.1) is 10.2 Å². The summed E-state index contributed by atoms with van der Waals surface area (Å²) in [4.78, 5) is 15.8. The van der Waals surface area contributed by atoms with Crippen molar-refractivity contribution in [1.82, 2.24) is 34.3 Å². The Kier molecular flexibility index (Phi) is 4.68. The van der Waals surface area contributed by atoms with Crippen molar-refractivity contribution in [1.29, 1.82) is 0 Å². The molecule has 3 aromatic heterocycles. The van der Waals surface area contributed by atoms with Crippen LogP contribution in [0.3, 0.4) is 0 Å². The van der Waals surface area contributed by atoms with Gasteiger partial charge in [0.05, 0.1) is 12.2 Å². The van der Waals surface area contributed by atoms with E-state index in [0.717, 1.165) is 0 Å². The molecule has 1 aliphatic heterocycles. The van der Waals surface area contributed by atoms with Crippen LogP contribution in [0.15, 0.2) is 49.2 Å². The van der Waals surface area contributed by atoms with Crippen LogP contribution in [-0.2, 0) is 0 Å². The number of fused-ring (bicyclic) bond motifs is 3. The third kappa shape index (κ3) is 3.25. The molecule has 0 saturated heterocycles. The maximum Gasteiger partial charge on any atom is 0.250 e.